The minimum absolute atomic E-state index is 0.118. The maximum absolute atomic E-state index is 11.9. The summed E-state index contributed by atoms with van der Waals surface area (Å²) in [4.78, 5) is 30.6. The summed E-state index contributed by atoms with van der Waals surface area (Å²) >= 11 is 2.48. The molecule has 0 saturated heterocycles. The minimum atomic E-state index is -1.14. The van der Waals surface area contributed by atoms with Crippen LogP contribution in [0.2, 0.25) is 0 Å². The number of carboxylic acids is 1. The van der Waals surface area contributed by atoms with E-state index in [2.05, 4.69) is 15.3 Å². The standard InChI is InChI=1S/C11H11N3O3S2/c1-5-3-18-9(12-5)6(2)13-8(15)10-14-7(4-19-10)11(16)17/h3-4,6H,1-2H3,(H,13,15)(H,16,17). The second-order valence-corrected chi connectivity index (χ2v) is 5.61. The molecule has 2 heterocycles. The van der Waals surface area contributed by atoms with Gasteiger partial charge in [-0.15, -0.1) is 22.7 Å². The lowest BCUT2D eigenvalue weighted by Crippen LogP contribution is -2.26. The van der Waals surface area contributed by atoms with Gasteiger partial charge in [-0.3, -0.25) is 4.79 Å². The van der Waals surface area contributed by atoms with Crippen LogP contribution in [0.5, 0.6) is 0 Å². The quantitative estimate of drug-likeness (QED) is 0.901. The van der Waals surface area contributed by atoms with Gasteiger partial charge in [-0.05, 0) is 13.8 Å². The van der Waals surface area contributed by atoms with Crippen molar-refractivity contribution in [1.29, 1.82) is 0 Å². The normalized spacial score (nSPS) is 12.1. The number of thiazole rings is 2. The molecule has 0 aromatic carbocycles. The zero-order valence-electron chi connectivity index (χ0n) is 10.2. The smallest absolute Gasteiger partial charge is 0.355 e. The molecule has 1 amide bonds. The Balaban J connectivity index is 2.06. The van der Waals surface area contributed by atoms with Gasteiger partial charge in [-0.2, -0.15) is 0 Å². The molecule has 0 spiro atoms. The number of amides is 1. The predicted octanol–water partition coefficient (Wildman–Crippen LogP) is 2.10. The lowest BCUT2D eigenvalue weighted by atomic mass is 10.3. The Morgan fingerprint density at radius 1 is 1.32 bits per heavy atom. The van der Waals surface area contributed by atoms with Crippen molar-refractivity contribution in [2.24, 2.45) is 0 Å². The first kappa shape index (κ1) is 13.6. The number of nitrogens with zero attached hydrogens (tertiary/aromatic N) is 2. The number of aromatic nitrogens is 2. The molecular weight excluding hydrogens is 286 g/mol. The lowest BCUT2D eigenvalue weighted by molar-refractivity contribution is 0.0691. The second kappa shape index (κ2) is 5.45. The molecule has 0 fully saturated rings. The van der Waals surface area contributed by atoms with E-state index in [0.29, 0.717) is 0 Å². The van der Waals surface area contributed by atoms with Crippen molar-refractivity contribution in [1.82, 2.24) is 15.3 Å². The number of carbonyl (C=O) groups is 2. The SMILES string of the molecule is Cc1csc(C(C)NC(=O)c2nc(C(=O)O)cs2)n1. The van der Waals surface area contributed by atoms with Gasteiger partial charge < -0.3 is 10.4 Å². The van der Waals surface area contributed by atoms with Crippen molar-refractivity contribution >= 4 is 34.6 Å². The monoisotopic (exact) mass is 297 g/mol. The number of aryl methyl sites for hydroxylation is 1. The van der Waals surface area contributed by atoms with Gasteiger partial charge in [-0.25, -0.2) is 14.8 Å². The highest BCUT2D eigenvalue weighted by Crippen LogP contribution is 2.18. The number of carboxylic acid groups (broad SMARTS) is 1. The highest BCUT2D eigenvalue weighted by atomic mass is 32.1. The van der Waals surface area contributed by atoms with Crippen LogP contribution in [0.25, 0.3) is 0 Å². The van der Waals surface area contributed by atoms with Gasteiger partial charge in [-0.1, -0.05) is 0 Å². The van der Waals surface area contributed by atoms with Gasteiger partial charge in [0.05, 0.1) is 6.04 Å². The van der Waals surface area contributed by atoms with Crippen LogP contribution in [-0.2, 0) is 0 Å². The molecule has 0 aliphatic heterocycles. The van der Waals surface area contributed by atoms with Crippen molar-refractivity contribution in [3.8, 4) is 0 Å². The van der Waals surface area contributed by atoms with Crippen LogP contribution in [0.3, 0.4) is 0 Å². The fourth-order valence-corrected chi connectivity index (χ4v) is 2.86. The van der Waals surface area contributed by atoms with Crippen molar-refractivity contribution in [2.45, 2.75) is 19.9 Å². The predicted molar refractivity (Wildman–Crippen MR) is 71.8 cm³/mol. The maximum Gasteiger partial charge on any atom is 0.355 e. The zero-order valence-corrected chi connectivity index (χ0v) is 11.8. The first-order valence-electron chi connectivity index (χ1n) is 5.39. The minimum Gasteiger partial charge on any atom is -0.476 e. The highest BCUT2D eigenvalue weighted by molar-refractivity contribution is 7.12. The molecule has 6 nitrogen and oxygen atoms in total. The highest BCUT2D eigenvalue weighted by Gasteiger charge is 2.18. The Labute approximate surface area is 117 Å². The van der Waals surface area contributed by atoms with E-state index in [1.54, 1.807) is 0 Å². The van der Waals surface area contributed by atoms with E-state index < -0.39 is 11.9 Å². The molecular formula is C11H11N3O3S2. The van der Waals surface area contributed by atoms with E-state index in [0.717, 1.165) is 22.0 Å². The summed E-state index contributed by atoms with van der Waals surface area (Å²) in [5.41, 5.74) is 0.788. The van der Waals surface area contributed by atoms with E-state index in [-0.39, 0.29) is 16.7 Å². The molecule has 0 aliphatic rings. The third-order valence-electron chi connectivity index (χ3n) is 2.27. The van der Waals surface area contributed by atoms with Gasteiger partial charge in [0.2, 0.25) is 0 Å². The molecule has 2 N–H and O–H groups in total. The van der Waals surface area contributed by atoms with E-state index in [1.807, 2.05) is 19.2 Å². The van der Waals surface area contributed by atoms with Crippen molar-refractivity contribution in [3.05, 3.63) is 32.2 Å². The van der Waals surface area contributed by atoms with Crippen LogP contribution in [0.15, 0.2) is 10.8 Å². The van der Waals surface area contributed by atoms with E-state index in [1.165, 1.54) is 16.7 Å². The van der Waals surface area contributed by atoms with Gasteiger partial charge in [0.25, 0.3) is 5.91 Å². The number of aromatic carboxylic acids is 1. The number of rotatable bonds is 4. The molecule has 8 heteroatoms. The summed E-state index contributed by atoms with van der Waals surface area (Å²) in [6.45, 7) is 3.70. The maximum atomic E-state index is 11.9. The van der Waals surface area contributed by atoms with Crippen molar-refractivity contribution in [2.75, 3.05) is 0 Å². The van der Waals surface area contributed by atoms with Crippen LogP contribution in [0, 0.1) is 6.92 Å². The molecule has 0 saturated carbocycles. The Morgan fingerprint density at radius 3 is 2.58 bits per heavy atom. The molecule has 2 rings (SSSR count). The molecule has 0 radical (unpaired) electrons. The Hall–Kier alpha value is -1.80. The van der Waals surface area contributed by atoms with Crippen LogP contribution >= 0.6 is 22.7 Å². The van der Waals surface area contributed by atoms with Gasteiger partial charge in [0.15, 0.2) is 10.7 Å². The van der Waals surface area contributed by atoms with Crippen LogP contribution in [0.4, 0.5) is 0 Å². The Bertz CT molecular complexity index is 620. The van der Waals surface area contributed by atoms with E-state index in [9.17, 15) is 9.59 Å². The van der Waals surface area contributed by atoms with Crippen molar-refractivity contribution < 1.29 is 14.7 Å². The number of nitrogens with one attached hydrogen (secondary N) is 1. The molecule has 1 atom stereocenters. The average Bonchev–Trinajstić information content (AvgIpc) is 2.96. The Kier molecular flexibility index (Phi) is 3.91. The zero-order chi connectivity index (χ0) is 14.0. The van der Waals surface area contributed by atoms with Gasteiger partial charge in [0.1, 0.15) is 5.01 Å². The first-order valence-corrected chi connectivity index (χ1v) is 7.15. The summed E-state index contributed by atoms with van der Waals surface area (Å²) < 4.78 is 0. The molecule has 0 aliphatic carbocycles. The summed E-state index contributed by atoms with van der Waals surface area (Å²) in [5.74, 6) is -1.53. The Morgan fingerprint density at radius 2 is 2.05 bits per heavy atom. The van der Waals surface area contributed by atoms with Gasteiger partial charge in [0, 0.05) is 16.5 Å². The summed E-state index contributed by atoms with van der Waals surface area (Å²) in [6.07, 6.45) is 0. The number of hydrogen-bond donors (Lipinski definition) is 2. The molecule has 1 unspecified atom stereocenters. The third-order valence-corrected chi connectivity index (χ3v) is 4.26. The fourth-order valence-electron chi connectivity index (χ4n) is 1.37. The molecule has 2 aromatic rings. The molecule has 19 heavy (non-hydrogen) atoms. The van der Waals surface area contributed by atoms with Crippen LogP contribution in [-0.4, -0.2) is 27.0 Å². The molecule has 100 valence electrons. The summed E-state index contributed by atoms with van der Waals surface area (Å²) in [6, 6.07) is -0.233. The number of carbonyl (C=O) groups excluding carboxylic acids is 1. The first-order chi connectivity index (χ1) is 8.97. The van der Waals surface area contributed by atoms with E-state index >= 15 is 0 Å². The topological polar surface area (TPSA) is 92.2 Å². The largest absolute Gasteiger partial charge is 0.476 e. The third kappa shape index (κ3) is 3.15. The number of hydrogen-bond acceptors (Lipinski definition) is 6. The van der Waals surface area contributed by atoms with Crippen molar-refractivity contribution in [3.63, 3.8) is 0 Å². The summed E-state index contributed by atoms with van der Waals surface area (Å²) in [5, 5.41) is 15.7. The average molecular weight is 297 g/mol. The van der Waals surface area contributed by atoms with Gasteiger partial charge >= 0.3 is 5.97 Å². The lowest BCUT2D eigenvalue weighted by Gasteiger charge is -2.09. The van der Waals surface area contributed by atoms with Crippen LogP contribution in [0.1, 0.15) is 44.0 Å². The second-order valence-electron chi connectivity index (χ2n) is 3.87. The fraction of sp³-hybridized carbons (Fsp3) is 0.273. The van der Waals surface area contributed by atoms with Crippen LogP contribution < -0.4 is 5.32 Å². The molecule has 2 aromatic heterocycles. The van der Waals surface area contributed by atoms with E-state index in [4.69, 9.17) is 5.11 Å². The molecule has 0 bridgehead atoms. The summed E-state index contributed by atoms with van der Waals surface area (Å²) in [7, 11) is 0.